The molecule has 0 aliphatic carbocycles. The van der Waals surface area contributed by atoms with Crippen LogP contribution in [0.3, 0.4) is 0 Å². The highest BCUT2D eigenvalue weighted by Gasteiger charge is 2.09. The third-order valence-electron chi connectivity index (χ3n) is 3.10. The van der Waals surface area contributed by atoms with Crippen molar-refractivity contribution >= 4 is 28.6 Å². The summed E-state index contributed by atoms with van der Waals surface area (Å²) >= 11 is 3.29. The minimum atomic E-state index is -0.733. The topological polar surface area (TPSA) is 61.1 Å². The Morgan fingerprint density at radius 3 is 2.05 bits per heavy atom. The molecule has 0 saturated heterocycles. The van der Waals surface area contributed by atoms with Gasteiger partial charge >= 0.3 is 5.97 Å². The average molecular weight is 338 g/mol. The molecule has 2 heterocycles. The van der Waals surface area contributed by atoms with Crippen molar-refractivity contribution in [2.75, 3.05) is 0 Å². The quantitative estimate of drug-likeness (QED) is 0.758. The first-order valence-corrected chi connectivity index (χ1v) is 8.56. The van der Waals surface area contributed by atoms with Crippen LogP contribution in [-0.2, 0) is 4.79 Å². The molecular weight excluding hydrogens is 314 g/mol. The number of hydrogen-bond acceptors (Lipinski definition) is 4. The lowest BCUT2D eigenvalue weighted by Gasteiger charge is -2.04. The van der Waals surface area contributed by atoms with Gasteiger partial charge in [0.25, 0.3) is 0 Å². The van der Waals surface area contributed by atoms with Crippen molar-refractivity contribution in [1.82, 2.24) is 0 Å². The lowest BCUT2D eigenvalue weighted by atomic mass is 10.0. The molecule has 0 bridgehead atoms. The predicted molar refractivity (Wildman–Crippen MR) is 94.7 cm³/mol. The van der Waals surface area contributed by atoms with Crippen LogP contribution in [-0.4, -0.2) is 11.1 Å². The van der Waals surface area contributed by atoms with Crippen LogP contribution >= 0.6 is 22.7 Å². The fourth-order valence-electron chi connectivity index (χ4n) is 1.75. The summed E-state index contributed by atoms with van der Waals surface area (Å²) in [5.41, 5.74) is 2.41. The summed E-state index contributed by atoms with van der Waals surface area (Å²) < 4.78 is 0. The molecule has 0 aliphatic rings. The van der Waals surface area contributed by atoms with E-state index in [0.29, 0.717) is 12.3 Å². The van der Waals surface area contributed by atoms with Gasteiger partial charge in [0.05, 0.1) is 12.5 Å². The van der Waals surface area contributed by atoms with E-state index >= 15 is 0 Å². The molecule has 3 nitrogen and oxygen atoms in total. The van der Waals surface area contributed by atoms with Gasteiger partial charge in [0.1, 0.15) is 0 Å². The minimum absolute atomic E-state index is 0. The molecule has 0 aromatic carbocycles. The minimum Gasteiger partial charge on any atom is -0.481 e. The second kappa shape index (κ2) is 11.0. The van der Waals surface area contributed by atoms with Gasteiger partial charge in [0, 0.05) is 6.42 Å². The normalized spacial score (nSPS) is 12.0. The molecule has 0 spiro atoms. The Kier molecular flexibility index (Phi) is 10.2. The van der Waals surface area contributed by atoms with E-state index in [0.717, 1.165) is 5.56 Å². The molecule has 0 aliphatic heterocycles. The summed E-state index contributed by atoms with van der Waals surface area (Å²) in [7, 11) is 0. The number of carboxylic acid groups (broad SMARTS) is 1. The maximum atomic E-state index is 10.3. The molecule has 1 N–H and O–H groups in total. The van der Waals surface area contributed by atoms with Gasteiger partial charge in [0.2, 0.25) is 0 Å². The molecular formula is C17H23NO2S2. The average Bonchev–Trinajstić information content (AvgIpc) is 3.13. The van der Waals surface area contributed by atoms with Crippen LogP contribution < -0.4 is 0 Å². The Balaban J connectivity index is 0.000000385. The number of nitriles is 1. The van der Waals surface area contributed by atoms with E-state index in [1.807, 2.05) is 29.1 Å². The number of nitrogens with zero attached hydrogens (tertiary/aromatic N) is 1. The largest absolute Gasteiger partial charge is 0.481 e. The fourth-order valence-corrected chi connectivity index (χ4v) is 3.31. The number of hydrogen-bond donors (Lipinski definition) is 1. The van der Waals surface area contributed by atoms with Gasteiger partial charge in [-0.3, -0.25) is 4.79 Å². The molecule has 120 valence electrons. The maximum Gasteiger partial charge on any atom is 0.303 e. The van der Waals surface area contributed by atoms with E-state index < -0.39 is 5.97 Å². The summed E-state index contributed by atoms with van der Waals surface area (Å²) in [5.74, 6) is -0.196. The standard InChI is InChI=1S/C8H9NS.C8H10O2S.CH4/c1-7(2-4-9)8-3-5-10-6-8;1-6(4-8(9)10)7-2-3-11-5-7;/h3,5-7H,2H2,1H3;2-3,5-6H,4H2,1H3,(H,9,10);1H4. The Hall–Kier alpha value is -1.64. The first-order valence-electron chi connectivity index (χ1n) is 6.67. The molecule has 2 unspecified atom stereocenters. The number of rotatable bonds is 5. The highest BCUT2D eigenvalue weighted by Crippen LogP contribution is 2.21. The molecule has 22 heavy (non-hydrogen) atoms. The van der Waals surface area contributed by atoms with Crippen molar-refractivity contribution in [1.29, 1.82) is 5.26 Å². The Morgan fingerprint density at radius 2 is 1.68 bits per heavy atom. The summed E-state index contributed by atoms with van der Waals surface area (Å²) in [6.45, 7) is 4.00. The van der Waals surface area contributed by atoms with Crippen LogP contribution in [0.5, 0.6) is 0 Å². The summed E-state index contributed by atoms with van der Waals surface area (Å²) in [6.07, 6.45) is 0.841. The zero-order chi connectivity index (χ0) is 15.7. The van der Waals surface area contributed by atoms with E-state index in [9.17, 15) is 4.79 Å². The van der Waals surface area contributed by atoms with E-state index in [2.05, 4.69) is 24.4 Å². The molecule has 0 amide bonds. The van der Waals surface area contributed by atoms with Crippen LogP contribution in [0.1, 0.15) is 57.1 Å². The first-order chi connectivity index (χ1) is 10.0. The highest BCUT2D eigenvalue weighted by atomic mass is 32.1. The molecule has 0 saturated carbocycles. The highest BCUT2D eigenvalue weighted by molar-refractivity contribution is 7.08. The van der Waals surface area contributed by atoms with Gasteiger partial charge in [0.15, 0.2) is 0 Å². The van der Waals surface area contributed by atoms with Crippen LogP contribution in [0.4, 0.5) is 0 Å². The van der Waals surface area contributed by atoms with E-state index in [1.165, 1.54) is 5.56 Å². The van der Waals surface area contributed by atoms with Gasteiger partial charge in [-0.1, -0.05) is 21.3 Å². The monoisotopic (exact) mass is 337 g/mol. The molecule has 2 aromatic heterocycles. The van der Waals surface area contributed by atoms with Crippen molar-refractivity contribution in [3.05, 3.63) is 44.8 Å². The van der Waals surface area contributed by atoms with Gasteiger partial charge in [-0.25, -0.2) is 0 Å². The molecule has 2 rings (SSSR count). The van der Waals surface area contributed by atoms with Crippen molar-refractivity contribution in [2.24, 2.45) is 0 Å². The summed E-state index contributed by atoms with van der Waals surface area (Å²) in [6, 6.07) is 6.21. The molecule has 2 aromatic rings. The lowest BCUT2D eigenvalue weighted by molar-refractivity contribution is -0.137. The first kappa shape index (κ1) is 20.4. The van der Waals surface area contributed by atoms with E-state index in [1.54, 1.807) is 22.7 Å². The van der Waals surface area contributed by atoms with Gasteiger partial charge in [-0.2, -0.15) is 27.9 Å². The van der Waals surface area contributed by atoms with Crippen molar-refractivity contribution in [2.45, 2.75) is 46.0 Å². The van der Waals surface area contributed by atoms with E-state index in [-0.39, 0.29) is 19.8 Å². The lowest BCUT2D eigenvalue weighted by Crippen LogP contribution is -2.01. The number of carbonyl (C=O) groups is 1. The second-order valence-corrected chi connectivity index (χ2v) is 6.44. The molecule has 0 fully saturated rings. The Bertz CT molecular complexity index is 556. The third kappa shape index (κ3) is 7.39. The van der Waals surface area contributed by atoms with Crippen molar-refractivity contribution in [3.8, 4) is 6.07 Å². The van der Waals surface area contributed by atoms with Gasteiger partial charge < -0.3 is 5.11 Å². The predicted octanol–water partition coefficient (Wildman–Crippen LogP) is 5.73. The van der Waals surface area contributed by atoms with Crippen molar-refractivity contribution in [3.63, 3.8) is 0 Å². The molecule has 0 radical (unpaired) electrons. The van der Waals surface area contributed by atoms with Gasteiger partial charge in [-0.15, -0.1) is 0 Å². The third-order valence-corrected chi connectivity index (χ3v) is 4.51. The number of carboxylic acids is 1. The zero-order valence-electron chi connectivity index (χ0n) is 12.2. The summed E-state index contributed by atoms with van der Waals surface area (Å²) in [4.78, 5) is 10.3. The van der Waals surface area contributed by atoms with E-state index in [4.69, 9.17) is 10.4 Å². The van der Waals surface area contributed by atoms with Crippen LogP contribution in [0.2, 0.25) is 0 Å². The fraction of sp³-hybridized carbons (Fsp3) is 0.412. The maximum absolute atomic E-state index is 10.3. The molecule has 2 atom stereocenters. The van der Waals surface area contributed by atoms with Crippen molar-refractivity contribution < 1.29 is 9.90 Å². The van der Waals surface area contributed by atoms with Gasteiger partial charge in [-0.05, 0) is 56.6 Å². The Morgan fingerprint density at radius 1 is 1.18 bits per heavy atom. The smallest absolute Gasteiger partial charge is 0.303 e. The zero-order valence-corrected chi connectivity index (χ0v) is 13.8. The SMILES string of the molecule is C.CC(CC#N)c1ccsc1.CC(CC(=O)O)c1ccsc1. The van der Waals surface area contributed by atoms with Crippen LogP contribution in [0, 0.1) is 11.3 Å². The van der Waals surface area contributed by atoms with Crippen LogP contribution in [0.15, 0.2) is 33.7 Å². The Labute approximate surface area is 140 Å². The molecule has 5 heteroatoms. The summed E-state index contributed by atoms with van der Waals surface area (Å²) in [5, 5.41) is 25.0. The van der Waals surface area contributed by atoms with Crippen LogP contribution in [0.25, 0.3) is 0 Å². The number of thiophene rings is 2. The number of aliphatic carboxylic acids is 1. The second-order valence-electron chi connectivity index (χ2n) is 4.88.